The number of pyridine rings is 1. The van der Waals surface area contributed by atoms with Crippen molar-refractivity contribution in [1.82, 2.24) is 9.88 Å². The predicted molar refractivity (Wildman–Crippen MR) is 69.7 cm³/mol. The number of nitrogens with one attached hydrogen (secondary N) is 1. The van der Waals surface area contributed by atoms with Crippen LogP contribution >= 0.6 is 0 Å². The third-order valence-electron chi connectivity index (χ3n) is 2.75. The van der Waals surface area contributed by atoms with E-state index < -0.39 is 0 Å². The molecule has 0 aliphatic carbocycles. The van der Waals surface area contributed by atoms with Crippen LogP contribution in [0.3, 0.4) is 0 Å². The molecule has 0 atom stereocenters. The monoisotopic (exact) mass is 239 g/mol. The van der Waals surface area contributed by atoms with Crippen molar-refractivity contribution in [1.29, 1.82) is 0 Å². The molecule has 0 fully saturated rings. The number of aromatic nitrogens is 1. The lowest BCUT2D eigenvalue weighted by Crippen LogP contribution is -2.40. The van der Waals surface area contributed by atoms with Crippen LogP contribution in [0, 0.1) is 5.82 Å². The number of halogens is 1. The summed E-state index contributed by atoms with van der Waals surface area (Å²) in [6, 6.07) is 3.99. The van der Waals surface area contributed by atoms with Crippen molar-refractivity contribution < 1.29 is 4.39 Å². The van der Waals surface area contributed by atoms with Gasteiger partial charge in [0.25, 0.3) is 0 Å². The van der Waals surface area contributed by atoms with Crippen molar-refractivity contribution in [3.8, 4) is 0 Å². The molecule has 3 nitrogen and oxygen atoms in total. The molecule has 1 aromatic rings. The average Bonchev–Trinajstić information content (AvgIpc) is 2.25. The van der Waals surface area contributed by atoms with Gasteiger partial charge in [-0.3, -0.25) is 4.90 Å². The van der Waals surface area contributed by atoms with Crippen molar-refractivity contribution in [3.63, 3.8) is 0 Å². The van der Waals surface area contributed by atoms with Crippen molar-refractivity contribution in [2.75, 3.05) is 18.4 Å². The zero-order valence-electron chi connectivity index (χ0n) is 11.1. The van der Waals surface area contributed by atoms with Crippen LogP contribution in [-0.2, 0) is 0 Å². The van der Waals surface area contributed by atoms with Gasteiger partial charge in [-0.15, -0.1) is 0 Å². The van der Waals surface area contributed by atoms with Gasteiger partial charge in [-0.25, -0.2) is 9.37 Å². The minimum atomic E-state index is -0.298. The Hall–Kier alpha value is -1.16. The predicted octanol–water partition coefficient (Wildman–Crippen LogP) is 2.75. The normalized spacial score (nSPS) is 11.5. The highest BCUT2D eigenvalue weighted by Gasteiger charge is 2.12. The van der Waals surface area contributed by atoms with Gasteiger partial charge < -0.3 is 5.32 Å². The summed E-state index contributed by atoms with van der Waals surface area (Å²) in [7, 11) is 0. The van der Waals surface area contributed by atoms with E-state index in [1.54, 1.807) is 12.3 Å². The highest BCUT2D eigenvalue weighted by Crippen LogP contribution is 2.09. The first-order valence-electron chi connectivity index (χ1n) is 6.12. The standard InChI is InChI=1S/C13H22FN3/c1-10(2)17(11(3)4)9-8-16-13-12(14)6-5-7-15-13/h5-7,10-11H,8-9H2,1-4H3,(H,15,16). The van der Waals surface area contributed by atoms with Gasteiger partial charge in [-0.05, 0) is 39.8 Å². The minimum absolute atomic E-state index is 0.298. The molecule has 0 saturated carbocycles. The Labute approximate surface area is 103 Å². The van der Waals surface area contributed by atoms with Crippen LogP contribution in [0.1, 0.15) is 27.7 Å². The fourth-order valence-electron chi connectivity index (χ4n) is 1.93. The third kappa shape index (κ3) is 4.30. The maximum atomic E-state index is 13.3. The van der Waals surface area contributed by atoms with E-state index in [0.717, 1.165) is 6.54 Å². The lowest BCUT2D eigenvalue weighted by atomic mass is 10.2. The summed E-state index contributed by atoms with van der Waals surface area (Å²) in [4.78, 5) is 6.32. The molecule has 0 radical (unpaired) electrons. The Morgan fingerprint density at radius 2 is 1.94 bits per heavy atom. The molecule has 1 heterocycles. The number of hydrogen-bond donors (Lipinski definition) is 1. The van der Waals surface area contributed by atoms with Gasteiger partial charge in [0.05, 0.1) is 0 Å². The van der Waals surface area contributed by atoms with Crippen molar-refractivity contribution in [2.45, 2.75) is 39.8 Å². The van der Waals surface area contributed by atoms with Crippen LogP contribution in [0.15, 0.2) is 18.3 Å². The molecular formula is C13H22FN3. The lowest BCUT2D eigenvalue weighted by molar-refractivity contribution is 0.182. The Balaban J connectivity index is 2.44. The van der Waals surface area contributed by atoms with Gasteiger partial charge in [0.2, 0.25) is 0 Å². The average molecular weight is 239 g/mol. The third-order valence-corrected chi connectivity index (χ3v) is 2.75. The number of nitrogens with zero attached hydrogens (tertiary/aromatic N) is 2. The van der Waals surface area contributed by atoms with Crippen molar-refractivity contribution >= 4 is 5.82 Å². The Morgan fingerprint density at radius 3 is 2.47 bits per heavy atom. The molecule has 17 heavy (non-hydrogen) atoms. The van der Waals surface area contributed by atoms with Gasteiger partial charge in [-0.2, -0.15) is 0 Å². The summed E-state index contributed by atoms with van der Waals surface area (Å²) in [5.41, 5.74) is 0. The van der Waals surface area contributed by atoms with Gasteiger partial charge in [0.1, 0.15) is 0 Å². The van der Waals surface area contributed by atoms with E-state index in [-0.39, 0.29) is 5.82 Å². The molecule has 1 aromatic heterocycles. The zero-order valence-corrected chi connectivity index (χ0v) is 11.1. The Morgan fingerprint density at radius 1 is 1.29 bits per heavy atom. The summed E-state index contributed by atoms with van der Waals surface area (Å²) in [6.45, 7) is 10.3. The van der Waals surface area contributed by atoms with E-state index >= 15 is 0 Å². The lowest BCUT2D eigenvalue weighted by Gasteiger charge is -2.30. The fourth-order valence-corrected chi connectivity index (χ4v) is 1.93. The zero-order chi connectivity index (χ0) is 12.8. The minimum Gasteiger partial charge on any atom is -0.366 e. The van der Waals surface area contributed by atoms with Gasteiger partial charge in [-0.1, -0.05) is 0 Å². The van der Waals surface area contributed by atoms with Gasteiger partial charge in [0.15, 0.2) is 11.6 Å². The Bertz CT molecular complexity index is 331. The first kappa shape index (κ1) is 13.9. The number of rotatable bonds is 6. The molecule has 1 N–H and O–H groups in total. The summed E-state index contributed by atoms with van der Waals surface area (Å²) >= 11 is 0. The molecule has 96 valence electrons. The van der Waals surface area contributed by atoms with Crippen LogP contribution in [-0.4, -0.2) is 35.1 Å². The smallest absolute Gasteiger partial charge is 0.165 e. The van der Waals surface area contributed by atoms with Crippen LogP contribution < -0.4 is 5.32 Å². The van der Waals surface area contributed by atoms with Crippen LogP contribution in [0.25, 0.3) is 0 Å². The summed E-state index contributed by atoms with van der Waals surface area (Å²) < 4.78 is 13.3. The number of anilines is 1. The second-order valence-electron chi connectivity index (χ2n) is 4.69. The fraction of sp³-hybridized carbons (Fsp3) is 0.615. The molecule has 0 aliphatic heterocycles. The maximum absolute atomic E-state index is 13.3. The summed E-state index contributed by atoms with van der Waals surface area (Å²) in [5.74, 6) is 0.0353. The molecule has 0 aromatic carbocycles. The van der Waals surface area contributed by atoms with E-state index in [4.69, 9.17) is 0 Å². The molecular weight excluding hydrogens is 217 g/mol. The first-order valence-corrected chi connectivity index (χ1v) is 6.12. The summed E-state index contributed by atoms with van der Waals surface area (Å²) in [5, 5.41) is 3.03. The van der Waals surface area contributed by atoms with E-state index in [0.29, 0.717) is 24.4 Å². The molecule has 4 heteroatoms. The van der Waals surface area contributed by atoms with E-state index in [2.05, 4.69) is 42.9 Å². The molecule has 1 rings (SSSR count). The molecule has 0 spiro atoms. The molecule has 0 bridgehead atoms. The first-order chi connectivity index (χ1) is 8.02. The van der Waals surface area contributed by atoms with E-state index in [9.17, 15) is 4.39 Å². The van der Waals surface area contributed by atoms with E-state index in [1.807, 2.05) is 0 Å². The maximum Gasteiger partial charge on any atom is 0.165 e. The van der Waals surface area contributed by atoms with E-state index in [1.165, 1.54) is 6.07 Å². The topological polar surface area (TPSA) is 28.2 Å². The van der Waals surface area contributed by atoms with Crippen molar-refractivity contribution in [3.05, 3.63) is 24.1 Å². The quantitative estimate of drug-likeness (QED) is 0.827. The molecule has 0 aliphatic rings. The molecule has 0 saturated heterocycles. The Kier molecular flexibility index (Phi) is 5.35. The van der Waals surface area contributed by atoms with Crippen molar-refractivity contribution in [2.24, 2.45) is 0 Å². The second-order valence-corrected chi connectivity index (χ2v) is 4.69. The van der Waals surface area contributed by atoms with Crippen LogP contribution in [0.2, 0.25) is 0 Å². The second kappa shape index (κ2) is 6.55. The van der Waals surface area contributed by atoms with Gasteiger partial charge >= 0.3 is 0 Å². The van der Waals surface area contributed by atoms with Crippen LogP contribution in [0.5, 0.6) is 0 Å². The highest BCUT2D eigenvalue weighted by atomic mass is 19.1. The summed E-state index contributed by atoms with van der Waals surface area (Å²) in [6.07, 6.45) is 1.59. The highest BCUT2D eigenvalue weighted by molar-refractivity contribution is 5.35. The molecule has 0 amide bonds. The van der Waals surface area contributed by atoms with Crippen LogP contribution in [0.4, 0.5) is 10.2 Å². The number of hydrogen-bond acceptors (Lipinski definition) is 3. The largest absolute Gasteiger partial charge is 0.366 e. The molecule has 0 unspecified atom stereocenters. The SMILES string of the molecule is CC(C)N(CCNc1ncccc1F)C(C)C. The van der Waals surface area contributed by atoms with Gasteiger partial charge in [0, 0.05) is 31.4 Å².